The van der Waals surface area contributed by atoms with Gasteiger partial charge in [-0.3, -0.25) is 9.59 Å². The predicted octanol–water partition coefficient (Wildman–Crippen LogP) is 4.33. The highest BCUT2D eigenvalue weighted by Crippen LogP contribution is 2.36. The maximum Gasteiger partial charge on any atom is 0.238 e. The van der Waals surface area contributed by atoms with E-state index in [1.807, 2.05) is 45.0 Å². The van der Waals surface area contributed by atoms with Gasteiger partial charge in [0.1, 0.15) is 0 Å². The molecule has 2 aromatic carbocycles. The highest BCUT2D eigenvalue weighted by molar-refractivity contribution is 6.32. The molecule has 1 heterocycles. The SMILES string of the molecule is Cc1ccc(C[C@H]2C(=O)N(c3cccc(Cl)c3C)C(=O)[C@@H]2C)cc1. The molecule has 1 aliphatic heterocycles. The van der Waals surface area contributed by atoms with Crippen molar-refractivity contribution in [3.63, 3.8) is 0 Å². The molecule has 2 aromatic rings. The van der Waals surface area contributed by atoms with Crippen molar-refractivity contribution in [2.75, 3.05) is 4.90 Å². The topological polar surface area (TPSA) is 37.4 Å². The summed E-state index contributed by atoms with van der Waals surface area (Å²) >= 11 is 6.16. The lowest BCUT2D eigenvalue weighted by Crippen LogP contribution is -2.31. The molecule has 0 bridgehead atoms. The van der Waals surface area contributed by atoms with Gasteiger partial charge in [0.05, 0.1) is 11.6 Å². The monoisotopic (exact) mass is 341 g/mol. The molecule has 3 nitrogen and oxygen atoms in total. The summed E-state index contributed by atoms with van der Waals surface area (Å²) < 4.78 is 0. The van der Waals surface area contributed by atoms with Gasteiger partial charge < -0.3 is 0 Å². The third-order valence-corrected chi connectivity index (χ3v) is 5.22. The summed E-state index contributed by atoms with van der Waals surface area (Å²) in [5.41, 5.74) is 3.60. The minimum absolute atomic E-state index is 0.140. The zero-order valence-corrected chi connectivity index (χ0v) is 14.8. The second-order valence-corrected chi connectivity index (χ2v) is 6.89. The fourth-order valence-corrected chi connectivity index (χ4v) is 3.35. The van der Waals surface area contributed by atoms with Crippen molar-refractivity contribution in [2.45, 2.75) is 27.2 Å². The summed E-state index contributed by atoms with van der Waals surface area (Å²) in [5.74, 6) is -0.961. The summed E-state index contributed by atoms with van der Waals surface area (Å²) in [5, 5.41) is 0.558. The summed E-state index contributed by atoms with van der Waals surface area (Å²) in [7, 11) is 0. The Labute approximate surface area is 147 Å². The quantitative estimate of drug-likeness (QED) is 0.779. The minimum atomic E-state index is -0.336. The molecule has 3 rings (SSSR count). The lowest BCUT2D eigenvalue weighted by atomic mass is 9.90. The van der Waals surface area contributed by atoms with E-state index < -0.39 is 0 Å². The molecule has 2 amide bonds. The Morgan fingerprint density at radius 2 is 1.67 bits per heavy atom. The van der Waals surface area contributed by atoms with Crippen molar-refractivity contribution >= 4 is 29.1 Å². The van der Waals surface area contributed by atoms with Crippen LogP contribution in [0.5, 0.6) is 0 Å². The number of rotatable bonds is 3. The van der Waals surface area contributed by atoms with Gasteiger partial charge in [-0.25, -0.2) is 4.90 Å². The third-order valence-electron chi connectivity index (χ3n) is 4.81. The second-order valence-electron chi connectivity index (χ2n) is 6.48. The van der Waals surface area contributed by atoms with E-state index in [2.05, 4.69) is 0 Å². The Morgan fingerprint density at radius 3 is 2.33 bits per heavy atom. The van der Waals surface area contributed by atoms with Gasteiger partial charge in [-0.2, -0.15) is 0 Å². The number of aryl methyl sites for hydroxylation is 1. The lowest BCUT2D eigenvalue weighted by Gasteiger charge is -2.18. The van der Waals surface area contributed by atoms with Crippen LogP contribution >= 0.6 is 11.6 Å². The van der Waals surface area contributed by atoms with Crippen LogP contribution in [-0.2, 0) is 16.0 Å². The van der Waals surface area contributed by atoms with Gasteiger partial charge in [-0.15, -0.1) is 0 Å². The Morgan fingerprint density at radius 1 is 1.00 bits per heavy atom. The summed E-state index contributed by atoms with van der Waals surface area (Å²) in [6.07, 6.45) is 0.572. The first-order valence-corrected chi connectivity index (χ1v) is 8.46. The summed E-state index contributed by atoms with van der Waals surface area (Å²) in [4.78, 5) is 26.9. The Hall–Kier alpha value is -2.13. The fourth-order valence-electron chi connectivity index (χ4n) is 3.18. The normalized spacial score (nSPS) is 20.8. The molecule has 1 saturated heterocycles. The van der Waals surface area contributed by atoms with Crippen LogP contribution in [0, 0.1) is 25.7 Å². The highest BCUT2D eigenvalue weighted by atomic mass is 35.5. The smallest absolute Gasteiger partial charge is 0.238 e. The van der Waals surface area contributed by atoms with Gasteiger partial charge in [0.25, 0.3) is 0 Å². The van der Waals surface area contributed by atoms with Crippen molar-refractivity contribution in [1.82, 2.24) is 0 Å². The van der Waals surface area contributed by atoms with E-state index in [4.69, 9.17) is 11.6 Å². The number of nitrogens with zero attached hydrogens (tertiary/aromatic N) is 1. The van der Waals surface area contributed by atoms with Gasteiger partial charge in [-0.05, 0) is 43.5 Å². The van der Waals surface area contributed by atoms with Crippen LogP contribution in [-0.4, -0.2) is 11.8 Å². The second kappa shape index (κ2) is 6.40. The molecule has 0 aliphatic carbocycles. The van der Waals surface area contributed by atoms with Gasteiger partial charge in [0.2, 0.25) is 11.8 Å². The number of carbonyl (C=O) groups is 2. The van der Waals surface area contributed by atoms with Gasteiger partial charge in [0, 0.05) is 10.9 Å². The molecular weight excluding hydrogens is 322 g/mol. The first-order valence-electron chi connectivity index (χ1n) is 8.08. The molecule has 0 aromatic heterocycles. The predicted molar refractivity (Wildman–Crippen MR) is 96.2 cm³/mol. The number of hydrogen-bond donors (Lipinski definition) is 0. The minimum Gasteiger partial charge on any atom is -0.274 e. The van der Waals surface area contributed by atoms with Crippen molar-refractivity contribution < 1.29 is 9.59 Å². The fraction of sp³-hybridized carbons (Fsp3) is 0.300. The van der Waals surface area contributed by atoms with Crippen molar-refractivity contribution in [3.05, 3.63) is 64.2 Å². The number of benzene rings is 2. The first-order chi connectivity index (χ1) is 11.4. The maximum absolute atomic E-state index is 12.9. The van der Waals surface area contributed by atoms with E-state index in [1.165, 1.54) is 10.5 Å². The number of amides is 2. The van der Waals surface area contributed by atoms with Gasteiger partial charge in [-0.1, -0.05) is 54.4 Å². The number of anilines is 1. The molecule has 0 radical (unpaired) electrons. The van der Waals surface area contributed by atoms with E-state index in [0.29, 0.717) is 17.1 Å². The van der Waals surface area contributed by atoms with Crippen molar-refractivity contribution in [1.29, 1.82) is 0 Å². The summed E-state index contributed by atoms with van der Waals surface area (Å²) in [6.45, 7) is 5.69. The van der Waals surface area contributed by atoms with Crippen LogP contribution in [0.1, 0.15) is 23.6 Å². The van der Waals surface area contributed by atoms with Crippen molar-refractivity contribution in [3.8, 4) is 0 Å². The zero-order valence-electron chi connectivity index (χ0n) is 14.0. The van der Waals surface area contributed by atoms with Crippen molar-refractivity contribution in [2.24, 2.45) is 11.8 Å². The number of carbonyl (C=O) groups excluding carboxylic acids is 2. The van der Waals surface area contributed by atoms with E-state index >= 15 is 0 Å². The maximum atomic E-state index is 12.9. The Kier molecular flexibility index (Phi) is 4.46. The molecule has 0 saturated carbocycles. The lowest BCUT2D eigenvalue weighted by molar-refractivity contribution is -0.122. The Balaban J connectivity index is 1.92. The molecule has 1 aliphatic rings. The largest absolute Gasteiger partial charge is 0.274 e. The average molecular weight is 342 g/mol. The summed E-state index contributed by atoms with van der Waals surface area (Å²) in [6, 6.07) is 13.4. The Bertz CT molecular complexity index is 798. The molecule has 0 unspecified atom stereocenters. The van der Waals surface area contributed by atoms with Crippen LogP contribution in [0.15, 0.2) is 42.5 Å². The molecule has 4 heteroatoms. The molecule has 124 valence electrons. The highest BCUT2D eigenvalue weighted by Gasteiger charge is 2.46. The molecule has 0 N–H and O–H groups in total. The van der Waals surface area contributed by atoms with Crippen LogP contribution in [0.25, 0.3) is 0 Å². The van der Waals surface area contributed by atoms with Gasteiger partial charge >= 0.3 is 0 Å². The average Bonchev–Trinajstić information content (AvgIpc) is 2.76. The standard InChI is InChI=1S/C20H20ClNO2/c1-12-7-9-15(10-8-12)11-16-13(2)19(23)22(20(16)24)18-6-4-5-17(21)14(18)3/h4-10,13,16H,11H2,1-3H3/t13-,16-/m1/s1. The number of hydrogen-bond acceptors (Lipinski definition) is 2. The number of imide groups is 1. The van der Waals surface area contributed by atoms with E-state index in [0.717, 1.165) is 11.1 Å². The molecule has 2 atom stereocenters. The van der Waals surface area contributed by atoms with E-state index in [1.54, 1.807) is 18.2 Å². The van der Waals surface area contributed by atoms with E-state index in [9.17, 15) is 9.59 Å². The van der Waals surface area contributed by atoms with Crippen LogP contribution in [0.2, 0.25) is 5.02 Å². The molecular formula is C20H20ClNO2. The van der Waals surface area contributed by atoms with Crippen LogP contribution in [0.4, 0.5) is 5.69 Å². The first kappa shape index (κ1) is 16.7. The number of halogens is 1. The third kappa shape index (κ3) is 2.84. The van der Waals surface area contributed by atoms with Crippen LogP contribution in [0.3, 0.4) is 0 Å². The molecule has 1 fully saturated rings. The zero-order chi connectivity index (χ0) is 17.4. The van der Waals surface area contributed by atoms with Gasteiger partial charge in [0.15, 0.2) is 0 Å². The molecule has 24 heavy (non-hydrogen) atoms. The van der Waals surface area contributed by atoms with Crippen LogP contribution < -0.4 is 4.90 Å². The molecule has 0 spiro atoms. The van der Waals surface area contributed by atoms with E-state index in [-0.39, 0.29) is 23.7 Å².